The summed E-state index contributed by atoms with van der Waals surface area (Å²) in [5.41, 5.74) is 4.30. The fourth-order valence-corrected chi connectivity index (χ4v) is 2.84. The van der Waals surface area contributed by atoms with Crippen LogP contribution in [0.1, 0.15) is 36.5 Å². The number of amides is 1. The lowest BCUT2D eigenvalue weighted by Crippen LogP contribution is -2.14. The van der Waals surface area contributed by atoms with Crippen LogP contribution in [-0.4, -0.2) is 19.1 Å². The first-order chi connectivity index (χ1) is 12.0. The molecule has 0 bridgehead atoms. The maximum Gasteiger partial charge on any atom is 0.224 e. The van der Waals surface area contributed by atoms with E-state index in [-0.39, 0.29) is 5.91 Å². The molecular formula is C21H27NO3. The second kappa shape index (κ2) is 9.11. The van der Waals surface area contributed by atoms with Crippen molar-refractivity contribution in [3.05, 3.63) is 53.1 Å². The molecule has 2 aromatic rings. The largest absolute Gasteiger partial charge is 0.490 e. The van der Waals surface area contributed by atoms with Gasteiger partial charge in [-0.15, -0.1) is 0 Å². The van der Waals surface area contributed by atoms with Gasteiger partial charge in [-0.25, -0.2) is 0 Å². The van der Waals surface area contributed by atoms with E-state index in [1.54, 1.807) is 0 Å². The molecule has 0 aromatic heterocycles. The normalized spacial score (nSPS) is 10.4. The van der Waals surface area contributed by atoms with Gasteiger partial charge >= 0.3 is 0 Å². The first-order valence-corrected chi connectivity index (χ1v) is 8.73. The fourth-order valence-electron chi connectivity index (χ4n) is 2.84. The number of carbonyl (C=O) groups excluding carboxylic acids is 1. The summed E-state index contributed by atoms with van der Waals surface area (Å²) >= 11 is 0. The second-order valence-corrected chi connectivity index (χ2v) is 6.15. The number of rotatable bonds is 8. The number of benzene rings is 2. The van der Waals surface area contributed by atoms with Crippen molar-refractivity contribution in [1.29, 1.82) is 0 Å². The molecule has 1 N–H and O–H groups in total. The summed E-state index contributed by atoms with van der Waals surface area (Å²) in [5.74, 6) is 1.46. The molecule has 4 nitrogen and oxygen atoms in total. The third kappa shape index (κ3) is 5.52. The van der Waals surface area contributed by atoms with E-state index in [0.717, 1.165) is 28.3 Å². The van der Waals surface area contributed by atoms with Crippen molar-refractivity contribution in [2.45, 2.75) is 40.5 Å². The molecule has 25 heavy (non-hydrogen) atoms. The molecule has 134 valence electrons. The van der Waals surface area contributed by atoms with Crippen molar-refractivity contribution in [1.82, 2.24) is 0 Å². The average molecular weight is 341 g/mol. The van der Waals surface area contributed by atoms with E-state index in [1.165, 1.54) is 5.56 Å². The predicted molar refractivity (Wildman–Crippen MR) is 102 cm³/mol. The minimum absolute atomic E-state index is 0.0109. The summed E-state index contributed by atoms with van der Waals surface area (Å²) in [5, 5.41) is 3.02. The molecule has 0 saturated carbocycles. The fraction of sp³-hybridized carbons (Fsp3) is 0.381. The lowest BCUT2D eigenvalue weighted by molar-refractivity contribution is -0.116. The lowest BCUT2D eigenvalue weighted by Gasteiger charge is -2.13. The van der Waals surface area contributed by atoms with Gasteiger partial charge in [0.05, 0.1) is 13.2 Å². The molecule has 0 radical (unpaired) electrons. The molecule has 2 rings (SSSR count). The molecule has 0 atom stereocenters. The zero-order valence-corrected chi connectivity index (χ0v) is 15.5. The number of nitrogens with one attached hydrogen (secondary N) is 1. The van der Waals surface area contributed by atoms with Crippen LogP contribution in [0.4, 0.5) is 5.69 Å². The van der Waals surface area contributed by atoms with E-state index < -0.39 is 0 Å². The molecule has 0 fully saturated rings. The molecule has 4 heteroatoms. The summed E-state index contributed by atoms with van der Waals surface area (Å²) in [7, 11) is 0. The highest BCUT2D eigenvalue weighted by Crippen LogP contribution is 2.26. The SMILES string of the molecule is CCOc1ccccc1OCCCC(=O)Nc1c(C)cc(C)cc1C. The molecule has 0 saturated heterocycles. The van der Waals surface area contributed by atoms with E-state index in [0.29, 0.717) is 26.1 Å². The molecule has 0 aliphatic heterocycles. The minimum Gasteiger partial charge on any atom is -0.490 e. The number of aryl methyl sites for hydroxylation is 3. The highest BCUT2D eigenvalue weighted by molar-refractivity contribution is 5.92. The van der Waals surface area contributed by atoms with Crippen molar-refractivity contribution >= 4 is 11.6 Å². The maximum atomic E-state index is 12.2. The van der Waals surface area contributed by atoms with E-state index in [2.05, 4.69) is 24.4 Å². The Balaban J connectivity index is 1.82. The average Bonchev–Trinajstić information content (AvgIpc) is 2.56. The van der Waals surface area contributed by atoms with Crippen LogP contribution in [0.5, 0.6) is 11.5 Å². The van der Waals surface area contributed by atoms with Gasteiger partial charge in [-0.2, -0.15) is 0 Å². The van der Waals surface area contributed by atoms with Gasteiger partial charge in [0.1, 0.15) is 0 Å². The number of hydrogen-bond donors (Lipinski definition) is 1. The van der Waals surface area contributed by atoms with Crippen molar-refractivity contribution in [2.75, 3.05) is 18.5 Å². The Hall–Kier alpha value is -2.49. The van der Waals surface area contributed by atoms with Crippen LogP contribution >= 0.6 is 0 Å². The molecule has 0 aliphatic carbocycles. The van der Waals surface area contributed by atoms with Crippen molar-refractivity contribution in [3.8, 4) is 11.5 Å². The first-order valence-electron chi connectivity index (χ1n) is 8.73. The number of ether oxygens (including phenoxy) is 2. The van der Waals surface area contributed by atoms with Crippen LogP contribution in [0.2, 0.25) is 0 Å². The Morgan fingerprint density at radius 1 is 1.00 bits per heavy atom. The number of para-hydroxylation sites is 2. The topological polar surface area (TPSA) is 47.6 Å². The van der Waals surface area contributed by atoms with E-state index >= 15 is 0 Å². The monoisotopic (exact) mass is 341 g/mol. The van der Waals surface area contributed by atoms with Crippen LogP contribution in [0, 0.1) is 20.8 Å². The van der Waals surface area contributed by atoms with Gasteiger partial charge < -0.3 is 14.8 Å². The van der Waals surface area contributed by atoms with Gasteiger partial charge in [-0.05, 0) is 57.4 Å². The molecule has 0 spiro atoms. The highest BCUT2D eigenvalue weighted by atomic mass is 16.5. The van der Waals surface area contributed by atoms with E-state index in [4.69, 9.17) is 9.47 Å². The molecule has 0 aliphatic rings. The minimum atomic E-state index is 0.0109. The number of carbonyl (C=O) groups is 1. The number of hydrogen-bond acceptors (Lipinski definition) is 3. The zero-order chi connectivity index (χ0) is 18.2. The summed E-state index contributed by atoms with van der Waals surface area (Å²) < 4.78 is 11.3. The van der Waals surface area contributed by atoms with Crippen LogP contribution in [0.25, 0.3) is 0 Å². The highest BCUT2D eigenvalue weighted by Gasteiger charge is 2.09. The summed E-state index contributed by atoms with van der Waals surface area (Å²) in [4.78, 5) is 12.2. The zero-order valence-electron chi connectivity index (χ0n) is 15.5. The molecule has 1 amide bonds. The smallest absolute Gasteiger partial charge is 0.224 e. The van der Waals surface area contributed by atoms with Crippen LogP contribution in [0.3, 0.4) is 0 Å². The lowest BCUT2D eigenvalue weighted by atomic mass is 10.0. The molecular weight excluding hydrogens is 314 g/mol. The Morgan fingerprint density at radius 2 is 1.60 bits per heavy atom. The Bertz CT molecular complexity index is 702. The van der Waals surface area contributed by atoms with Crippen LogP contribution in [-0.2, 0) is 4.79 Å². The Morgan fingerprint density at radius 3 is 2.20 bits per heavy atom. The third-order valence-electron chi connectivity index (χ3n) is 3.90. The second-order valence-electron chi connectivity index (χ2n) is 6.15. The Kier molecular flexibility index (Phi) is 6.87. The third-order valence-corrected chi connectivity index (χ3v) is 3.90. The van der Waals surface area contributed by atoms with Gasteiger partial charge in [0.15, 0.2) is 11.5 Å². The van der Waals surface area contributed by atoms with Crippen molar-refractivity contribution in [2.24, 2.45) is 0 Å². The van der Waals surface area contributed by atoms with E-state index in [9.17, 15) is 4.79 Å². The Labute approximate surface area is 150 Å². The van der Waals surface area contributed by atoms with Crippen LogP contribution in [0.15, 0.2) is 36.4 Å². The summed E-state index contributed by atoms with van der Waals surface area (Å²) in [6, 6.07) is 11.7. The van der Waals surface area contributed by atoms with Crippen molar-refractivity contribution < 1.29 is 14.3 Å². The van der Waals surface area contributed by atoms with Gasteiger partial charge in [-0.1, -0.05) is 29.8 Å². The molecule has 0 unspecified atom stereocenters. The van der Waals surface area contributed by atoms with Crippen LogP contribution < -0.4 is 14.8 Å². The predicted octanol–water partition coefficient (Wildman–Crippen LogP) is 4.81. The summed E-state index contributed by atoms with van der Waals surface area (Å²) in [6.07, 6.45) is 1.07. The quantitative estimate of drug-likeness (QED) is 0.701. The van der Waals surface area contributed by atoms with Crippen molar-refractivity contribution in [3.63, 3.8) is 0 Å². The first kappa shape index (κ1) is 18.8. The molecule has 0 heterocycles. The van der Waals surface area contributed by atoms with Gasteiger partial charge in [0.25, 0.3) is 0 Å². The van der Waals surface area contributed by atoms with Gasteiger partial charge in [-0.3, -0.25) is 4.79 Å². The van der Waals surface area contributed by atoms with E-state index in [1.807, 2.05) is 45.0 Å². The number of anilines is 1. The van der Waals surface area contributed by atoms with Gasteiger partial charge in [0, 0.05) is 12.1 Å². The summed E-state index contributed by atoms with van der Waals surface area (Å²) in [6.45, 7) is 9.10. The molecule has 2 aromatic carbocycles. The maximum absolute atomic E-state index is 12.2. The standard InChI is InChI=1S/C21H27NO3/c1-5-24-18-9-6-7-10-19(18)25-12-8-11-20(23)22-21-16(3)13-15(2)14-17(21)4/h6-7,9-10,13-14H,5,8,11-12H2,1-4H3,(H,22,23). The van der Waals surface area contributed by atoms with Gasteiger partial charge in [0.2, 0.25) is 5.91 Å².